The Hall–Kier alpha value is -4.90. The predicted molar refractivity (Wildman–Crippen MR) is 256 cm³/mol. The van der Waals surface area contributed by atoms with Crippen LogP contribution in [0.1, 0.15) is 18.4 Å². The second-order valence-corrected chi connectivity index (χ2v) is 22.1. The summed E-state index contributed by atoms with van der Waals surface area (Å²) in [6.45, 7) is 4.65. The molecule has 6 aromatic rings. The minimum atomic E-state index is -1.67. The van der Waals surface area contributed by atoms with Crippen LogP contribution in [-0.4, -0.2) is 23.6 Å². The molecule has 6 aromatic carbocycles. The second-order valence-electron chi connectivity index (χ2n) is 17.0. The number of benzene rings is 6. The Morgan fingerprint density at radius 1 is 0.476 bits per heavy atom. The van der Waals surface area contributed by atoms with Gasteiger partial charge in [0.1, 0.15) is 10.6 Å². The fourth-order valence-electron chi connectivity index (χ4n) is 11.9. The quantitative estimate of drug-likeness (QED) is 0.0548. The Kier molecular flexibility index (Phi) is 11.6. The molecular formula is C53H45Cl2N2O4PRu-2. The van der Waals surface area contributed by atoms with Crippen LogP contribution in [-0.2, 0) is 34.3 Å². The van der Waals surface area contributed by atoms with Crippen molar-refractivity contribution in [3.05, 3.63) is 173 Å². The molecule has 12 rings (SSSR count). The average molecular weight is 977 g/mol. The Labute approximate surface area is 385 Å². The molecule has 63 heavy (non-hydrogen) atoms. The summed E-state index contributed by atoms with van der Waals surface area (Å²) in [5.41, 5.74) is 3.90. The minimum absolute atomic E-state index is 0. The molecule has 0 spiro atoms. The van der Waals surface area contributed by atoms with Crippen LogP contribution in [0, 0.1) is 69.1 Å². The van der Waals surface area contributed by atoms with Crippen LogP contribution >= 0.6 is 27.3 Å². The van der Waals surface area contributed by atoms with E-state index in [0.717, 1.165) is 56.4 Å². The van der Waals surface area contributed by atoms with Crippen molar-refractivity contribution in [3.8, 4) is 11.1 Å². The van der Waals surface area contributed by atoms with Crippen LogP contribution in [0.4, 0.5) is 11.4 Å². The molecular weight excluding hydrogens is 932 g/mol. The molecule has 4 unspecified atom stereocenters. The number of hydrogen-bond acceptors (Lipinski definition) is 4. The van der Waals surface area contributed by atoms with E-state index < -0.39 is 7.92 Å². The van der Waals surface area contributed by atoms with Crippen LogP contribution < -0.4 is 25.7 Å². The van der Waals surface area contributed by atoms with Crippen molar-refractivity contribution in [3.63, 3.8) is 0 Å². The van der Waals surface area contributed by atoms with Gasteiger partial charge in [-0.3, -0.25) is 19.2 Å². The third kappa shape index (κ3) is 6.52. The second kappa shape index (κ2) is 16.9. The maximum absolute atomic E-state index is 14.3. The number of hydrogen-bond donors (Lipinski definition) is 0. The van der Waals surface area contributed by atoms with E-state index in [1.54, 1.807) is 0 Å². The molecule has 6 aliphatic rings. The van der Waals surface area contributed by atoms with Gasteiger partial charge in [-0.2, -0.15) is 18.6 Å². The monoisotopic (exact) mass is 976 g/mol. The number of fused-ring (bicyclic) bond motifs is 12. The van der Waals surface area contributed by atoms with E-state index in [2.05, 4.69) is 104 Å². The van der Waals surface area contributed by atoms with E-state index in [-0.39, 0.29) is 101 Å². The molecule has 0 aromatic heterocycles. The summed E-state index contributed by atoms with van der Waals surface area (Å²) in [5, 5.41) is 6.99. The summed E-state index contributed by atoms with van der Waals surface area (Å²) in [4.78, 5) is 60.0. The summed E-state index contributed by atoms with van der Waals surface area (Å²) in [6.07, 6.45) is 10.3. The molecule has 2 saturated carbocycles. The van der Waals surface area contributed by atoms with Gasteiger partial charge >= 0.3 is 34.5 Å². The summed E-state index contributed by atoms with van der Waals surface area (Å²) < 4.78 is 0. The number of carbonyl (C=O) groups is 4. The zero-order chi connectivity index (χ0) is 41.7. The van der Waals surface area contributed by atoms with E-state index >= 15 is 0 Å². The Morgan fingerprint density at radius 3 is 1.27 bits per heavy atom. The number of amides is 4. The molecule has 4 bridgehead atoms. The molecule has 320 valence electrons. The zero-order valence-electron chi connectivity index (χ0n) is 34.7. The van der Waals surface area contributed by atoms with Gasteiger partial charge in [0.15, 0.2) is 0 Å². The summed E-state index contributed by atoms with van der Waals surface area (Å²) in [6, 6.07) is 41.4. The van der Waals surface area contributed by atoms with Gasteiger partial charge in [0.2, 0.25) is 23.6 Å². The average Bonchev–Trinajstić information content (AvgIpc) is 4.15. The molecule has 4 fully saturated rings. The first-order valence-electron chi connectivity index (χ1n) is 20.7. The van der Waals surface area contributed by atoms with Crippen molar-refractivity contribution in [1.82, 2.24) is 0 Å². The van der Waals surface area contributed by atoms with E-state index in [9.17, 15) is 19.2 Å². The number of allylic oxidation sites excluding steroid dienone is 4. The molecule has 4 aliphatic carbocycles. The van der Waals surface area contributed by atoms with Gasteiger partial charge in [0.05, 0.1) is 48.3 Å². The standard InChI is InChI=1S/C51H38N2O4P.2CH3.2ClH.Ru/c1-28-18-23-35-37(14-8-16-39(35)52-48(54)43-29-19-20-30(26-29)44(43)49(52)55)42(28)47-38-15-9-17-40(53-50(56)45-31-21-22-32(27-31)46(45)51(53)57)36(38)24-25-41(47)58(33-10-4-2-5-11-33)34-12-6-3-7-13-34;;;;;/h2-25,29-32,43-46H,1,26-27H2;2*1H3;2*1H;/q3*-1;;;+2/p-1/t29?,30?,31?,32?,43-,44+,45-,46+;;;;;. The summed E-state index contributed by atoms with van der Waals surface area (Å²) >= 11 is -0.346. The van der Waals surface area contributed by atoms with Crippen molar-refractivity contribution < 1.29 is 34.3 Å². The van der Waals surface area contributed by atoms with Gasteiger partial charge < -0.3 is 14.9 Å². The molecule has 4 amide bonds. The Bertz CT molecular complexity index is 2810. The predicted octanol–water partition coefficient (Wildman–Crippen LogP) is 10.2. The normalized spacial score (nSPS) is 25.8. The number of carbonyl (C=O) groups excluding carboxylic acids is 4. The van der Waals surface area contributed by atoms with Gasteiger partial charge in [-0.05, 0) is 101 Å². The van der Waals surface area contributed by atoms with E-state index in [1.807, 2.05) is 48.5 Å². The van der Waals surface area contributed by atoms with Gasteiger partial charge in [-0.25, -0.2) is 9.80 Å². The topological polar surface area (TPSA) is 74.8 Å². The van der Waals surface area contributed by atoms with E-state index in [0.29, 0.717) is 11.4 Å². The third-order valence-electron chi connectivity index (χ3n) is 14.2. The molecule has 0 radical (unpaired) electrons. The number of nitrogens with zero attached hydrogens (tertiary/aromatic N) is 2. The van der Waals surface area contributed by atoms with E-state index in [4.69, 9.17) is 19.4 Å². The number of halogens is 2. The molecule has 0 N–H and O–H groups in total. The number of rotatable bonds is 6. The van der Waals surface area contributed by atoms with Crippen LogP contribution in [0.25, 0.3) is 32.7 Å². The summed E-state index contributed by atoms with van der Waals surface area (Å²) in [7, 11) is 8.04. The molecule has 6 nitrogen and oxygen atoms in total. The molecule has 2 heterocycles. The van der Waals surface area contributed by atoms with Crippen molar-refractivity contribution in [1.29, 1.82) is 0 Å². The molecule has 2 saturated heterocycles. The first kappa shape index (κ1) is 43.4. The van der Waals surface area contributed by atoms with E-state index in [1.165, 1.54) is 20.4 Å². The van der Waals surface area contributed by atoms with Crippen LogP contribution in [0.3, 0.4) is 0 Å². The van der Waals surface area contributed by atoms with Crippen molar-refractivity contribution in [2.45, 2.75) is 12.8 Å². The fourth-order valence-corrected chi connectivity index (χ4v) is 14.6. The molecule has 10 heteroatoms. The van der Waals surface area contributed by atoms with Gasteiger partial charge in [0, 0.05) is 5.39 Å². The molecule has 2 aliphatic heterocycles. The Morgan fingerprint density at radius 2 is 0.857 bits per heavy atom. The SMILES string of the molecule is [CH2-]c1ccc2c(N3C(=O)[C@@H]4C5C=CC(C5)[C@@H]4C3=O)cccc2c1-c1c([PH+](c2ccccc2)c2ccccc2)ccc2c(N3C(=O)[C@@H]4C5C=CC(C5)[C@@H]4C3=O)cccc12.[CH3-].[CH3-].[Cl][Ru][Cl]. The maximum atomic E-state index is 14.3. The van der Waals surface area contributed by atoms with Gasteiger partial charge in [-0.15, -0.1) is 11.6 Å². The summed E-state index contributed by atoms with van der Waals surface area (Å²) in [5.74, 6) is -1.25. The van der Waals surface area contributed by atoms with Crippen LogP contribution in [0.2, 0.25) is 0 Å². The molecule has 8 atom stereocenters. The third-order valence-corrected chi connectivity index (χ3v) is 17.0. The van der Waals surface area contributed by atoms with Crippen molar-refractivity contribution >= 4 is 99.8 Å². The van der Waals surface area contributed by atoms with Gasteiger partial charge in [0.25, 0.3) is 0 Å². The fraction of sp³-hybridized carbons (Fsp3) is 0.189. The first-order valence-corrected chi connectivity index (χ1v) is 26.7. The number of imide groups is 2. The van der Waals surface area contributed by atoms with Crippen molar-refractivity contribution in [2.75, 3.05) is 9.80 Å². The first-order chi connectivity index (χ1) is 29.8. The zero-order valence-corrected chi connectivity index (χ0v) is 39.0. The van der Waals surface area contributed by atoms with Crippen molar-refractivity contribution in [2.24, 2.45) is 47.3 Å². The van der Waals surface area contributed by atoms with Crippen LogP contribution in [0.5, 0.6) is 0 Å². The van der Waals surface area contributed by atoms with Crippen LogP contribution in [0.15, 0.2) is 146 Å². The Balaban J connectivity index is 0.000000982. The number of anilines is 2. The van der Waals surface area contributed by atoms with Gasteiger partial charge in [-0.1, -0.05) is 90.4 Å².